The summed E-state index contributed by atoms with van der Waals surface area (Å²) in [6.45, 7) is 2.20. The van der Waals surface area contributed by atoms with Crippen LogP contribution in [0.25, 0.3) is 11.4 Å². The number of methoxy groups -OCH3 is 2. The molecule has 0 spiro atoms. The van der Waals surface area contributed by atoms with Gasteiger partial charge in [-0.3, -0.25) is 4.79 Å². The second kappa shape index (κ2) is 10.8. The van der Waals surface area contributed by atoms with Gasteiger partial charge in [0.2, 0.25) is 17.6 Å². The first kappa shape index (κ1) is 22.6. The van der Waals surface area contributed by atoms with Crippen LogP contribution in [0.1, 0.15) is 38.0 Å². The number of benzene rings is 2. The first-order valence-corrected chi connectivity index (χ1v) is 11.4. The monoisotopic (exact) mass is 450 g/mol. The molecule has 0 radical (unpaired) electrons. The van der Waals surface area contributed by atoms with Gasteiger partial charge in [-0.05, 0) is 55.3 Å². The summed E-state index contributed by atoms with van der Waals surface area (Å²) in [5.74, 6) is 1.97. The van der Waals surface area contributed by atoms with Crippen molar-refractivity contribution < 1.29 is 18.8 Å². The predicted octanol–water partition coefficient (Wildman–Crippen LogP) is 4.71. The molecule has 2 aromatic carbocycles. The lowest BCUT2D eigenvalue weighted by Gasteiger charge is -2.22. The highest BCUT2D eigenvalue weighted by molar-refractivity contribution is 5.91. The van der Waals surface area contributed by atoms with Gasteiger partial charge < -0.3 is 24.2 Å². The highest BCUT2D eigenvalue weighted by atomic mass is 16.5. The molecule has 8 nitrogen and oxygen atoms in total. The van der Waals surface area contributed by atoms with Gasteiger partial charge in [0.15, 0.2) is 11.5 Å². The number of aromatic nitrogens is 2. The van der Waals surface area contributed by atoms with Crippen molar-refractivity contribution in [3.63, 3.8) is 0 Å². The van der Waals surface area contributed by atoms with Gasteiger partial charge in [0.05, 0.1) is 14.2 Å². The first-order chi connectivity index (χ1) is 16.2. The summed E-state index contributed by atoms with van der Waals surface area (Å²) < 4.78 is 15.9. The second-order valence-electron chi connectivity index (χ2n) is 8.08. The van der Waals surface area contributed by atoms with E-state index >= 15 is 0 Å². The average Bonchev–Trinajstić information content (AvgIpc) is 3.16. The van der Waals surface area contributed by atoms with Crippen molar-refractivity contribution in [3.05, 3.63) is 48.4 Å². The molecule has 1 amide bonds. The Labute approximate surface area is 193 Å². The number of anilines is 2. The van der Waals surface area contributed by atoms with Crippen molar-refractivity contribution >= 4 is 17.3 Å². The van der Waals surface area contributed by atoms with Crippen LogP contribution in [-0.4, -0.2) is 43.4 Å². The number of hydrogen-bond acceptors (Lipinski definition) is 7. The molecular formula is C25H30N4O4. The number of hydrogen-bond donors (Lipinski definition) is 1. The van der Waals surface area contributed by atoms with Gasteiger partial charge in [0.1, 0.15) is 0 Å². The number of amides is 1. The van der Waals surface area contributed by atoms with Crippen LogP contribution in [0, 0.1) is 0 Å². The normalized spacial score (nSPS) is 13.9. The third kappa shape index (κ3) is 5.83. The van der Waals surface area contributed by atoms with Gasteiger partial charge in [-0.2, -0.15) is 4.98 Å². The SMILES string of the molecule is COc1ccc(-c2noc(CCC(=O)Nc3ccc(N4CCCCCC4)cc3)n2)cc1OC. The number of rotatable bonds is 8. The lowest BCUT2D eigenvalue weighted by Crippen LogP contribution is -2.23. The van der Waals surface area contributed by atoms with E-state index in [-0.39, 0.29) is 12.3 Å². The molecule has 0 unspecified atom stereocenters. The highest BCUT2D eigenvalue weighted by Gasteiger charge is 2.14. The standard InChI is InChI=1S/C25H30N4O4/c1-31-21-12-7-18(17-22(21)32-2)25-27-24(33-28-25)14-13-23(30)26-19-8-10-20(11-9-19)29-15-5-3-4-6-16-29/h7-12,17H,3-6,13-16H2,1-2H3,(H,26,30). The smallest absolute Gasteiger partial charge is 0.227 e. The van der Waals surface area contributed by atoms with Gasteiger partial charge in [0.25, 0.3) is 0 Å². The molecule has 33 heavy (non-hydrogen) atoms. The molecule has 1 aliphatic heterocycles. The lowest BCUT2D eigenvalue weighted by molar-refractivity contribution is -0.116. The van der Waals surface area contributed by atoms with Crippen LogP contribution >= 0.6 is 0 Å². The summed E-state index contributed by atoms with van der Waals surface area (Å²) in [4.78, 5) is 19.2. The van der Waals surface area contributed by atoms with E-state index in [1.807, 2.05) is 18.2 Å². The van der Waals surface area contributed by atoms with Crippen LogP contribution in [0.5, 0.6) is 11.5 Å². The van der Waals surface area contributed by atoms with Gasteiger partial charge in [-0.15, -0.1) is 0 Å². The molecule has 1 aliphatic rings. The Bertz CT molecular complexity index is 1060. The number of ether oxygens (including phenoxy) is 2. The van der Waals surface area contributed by atoms with Crippen LogP contribution in [0.15, 0.2) is 47.0 Å². The summed E-state index contributed by atoms with van der Waals surface area (Å²) in [6.07, 6.45) is 5.70. The molecule has 8 heteroatoms. The van der Waals surface area contributed by atoms with E-state index in [4.69, 9.17) is 14.0 Å². The van der Waals surface area contributed by atoms with Crippen LogP contribution in [0.3, 0.4) is 0 Å². The Balaban J connectivity index is 1.30. The molecule has 1 fully saturated rings. The van der Waals surface area contributed by atoms with Gasteiger partial charge in [0, 0.05) is 42.9 Å². The quantitative estimate of drug-likeness (QED) is 0.532. The average molecular weight is 451 g/mol. The molecule has 1 N–H and O–H groups in total. The summed E-state index contributed by atoms with van der Waals surface area (Å²) in [5, 5.41) is 6.96. The van der Waals surface area contributed by atoms with E-state index < -0.39 is 0 Å². The number of carbonyl (C=O) groups excluding carboxylic acids is 1. The van der Waals surface area contributed by atoms with Crippen LogP contribution in [0.2, 0.25) is 0 Å². The minimum Gasteiger partial charge on any atom is -0.493 e. The van der Waals surface area contributed by atoms with Crippen LogP contribution in [0.4, 0.5) is 11.4 Å². The van der Waals surface area contributed by atoms with E-state index in [2.05, 4.69) is 32.5 Å². The van der Waals surface area contributed by atoms with E-state index in [0.717, 1.165) is 24.3 Å². The molecular weight excluding hydrogens is 420 g/mol. The molecule has 174 valence electrons. The Morgan fingerprint density at radius 1 is 1.00 bits per heavy atom. The maximum atomic E-state index is 12.4. The second-order valence-corrected chi connectivity index (χ2v) is 8.08. The summed E-state index contributed by atoms with van der Waals surface area (Å²) >= 11 is 0. The molecule has 3 aromatic rings. The topological polar surface area (TPSA) is 89.7 Å². The number of nitrogens with one attached hydrogen (secondary N) is 1. The van der Waals surface area contributed by atoms with Crippen molar-refractivity contribution in [3.8, 4) is 22.9 Å². The number of nitrogens with zero attached hydrogens (tertiary/aromatic N) is 3. The zero-order chi connectivity index (χ0) is 23.0. The predicted molar refractivity (Wildman–Crippen MR) is 127 cm³/mol. The molecule has 2 heterocycles. The van der Waals surface area contributed by atoms with E-state index in [1.54, 1.807) is 26.4 Å². The van der Waals surface area contributed by atoms with Crippen molar-refractivity contribution in [1.29, 1.82) is 0 Å². The fourth-order valence-corrected chi connectivity index (χ4v) is 3.98. The largest absolute Gasteiger partial charge is 0.493 e. The zero-order valence-corrected chi connectivity index (χ0v) is 19.2. The van der Waals surface area contributed by atoms with Crippen molar-refractivity contribution in [2.24, 2.45) is 0 Å². The van der Waals surface area contributed by atoms with Gasteiger partial charge in [-0.1, -0.05) is 18.0 Å². The van der Waals surface area contributed by atoms with E-state index in [9.17, 15) is 4.79 Å². The van der Waals surface area contributed by atoms with E-state index in [0.29, 0.717) is 29.6 Å². The minimum absolute atomic E-state index is 0.0941. The molecule has 0 saturated carbocycles. The lowest BCUT2D eigenvalue weighted by atomic mass is 10.2. The Hall–Kier alpha value is -3.55. The Morgan fingerprint density at radius 3 is 2.42 bits per heavy atom. The third-order valence-electron chi connectivity index (χ3n) is 5.80. The van der Waals surface area contributed by atoms with Crippen LogP contribution < -0.4 is 19.7 Å². The summed E-state index contributed by atoms with van der Waals surface area (Å²) in [5.41, 5.74) is 2.75. The maximum Gasteiger partial charge on any atom is 0.227 e. The molecule has 1 aromatic heterocycles. The van der Waals surface area contributed by atoms with Gasteiger partial charge in [-0.25, -0.2) is 0 Å². The van der Waals surface area contributed by atoms with Crippen molar-refractivity contribution in [1.82, 2.24) is 10.1 Å². The fourth-order valence-electron chi connectivity index (χ4n) is 3.98. The molecule has 1 saturated heterocycles. The number of aryl methyl sites for hydroxylation is 1. The fraction of sp³-hybridized carbons (Fsp3) is 0.400. The molecule has 0 aliphatic carbocycles. The highest BCUT2D eigenvalue weighted by Crippen LogP contribution is 2.31. The first-order valence-electron chi connectivity index (χ1n) is 11.4. The molecule has 0 atom stereocenters. The van der Waals surface area contributed by atoms with Crippen molar-refractivity contribution in [2.45, 2.75) is 38.5 Å². The van der Waals surface area contributed by atoms with E-state index in [1.165, 1.54) is 31.4 Å². The van der Waals surface area contributed by atoms with Crippen LogP contribution in [-0.2, 0) is 11.2 Å². The molecule has 4 rings (SSSR count). The summed E-state index contributed by atoms with van der Waals surface area (Å²) in [7, 11) is 3.16. The Kier molecular flexibility index (Phi) is 7.44. The third-order valence-corrected chi connectivity index (χ3v) is 5.80. The summed E-state index contributed by atoms with van der Waals surface area (Å²) in [6, 6.07) is 13.5. The Morgan fingerprint density at radius 2 is 1.73 bits per heavy atom. The van der Waals surface area contributed by atoms with Gasteiger partial charge >= 0.3 is 0 Å². The molecule has 0 bridgehead atoms. The number of carbonyl (C=O) groups is 1. The zero-order valence-electron chi connectivity index (χ0n) is 19.2. The van der Waals surface area contributed by atoms with Crippen molar-refractivity contribution in [2.75, 3.05) is 37.5 Å². The minimum atomic E-state index is -0.0941. The maximum absolute atomic E-state index is 12.4.